The van der Waals surface area contributed by atoms with Crippen molar-refractivity contribution in [3.8, 4) is 0 Å². The van der Waals surface area contributed by atoms with Crippen molar-refractivity contribution in [3.05, 3.63) is 23.8 Å². The monoisotopic (exact) mass is 302 g/mol. The standard InChI is InChI=1S/C20H30O2/c1-13-4-7-16-15-6-5-14-12-20(21,22)11-10-19(14,3)17(15)8-9-18(13,16)2/h12,15-17,21-22H,1,4-11H2,2-3H3/t15-,16-,17+,18+,19-/m0/s1. The van der Waals surface area contributed by atoms with E-state index in [1.165, 1.54) is 43.3 Å². The van der Waals surface area contributed by atoms with Crippen LogP contribution in [0.1, 0.15) is 65.2 Å². The van der Waals surface area contributed by atoms with Crippen molar-refractivity contribution in [1.82, 2.24) is 0 Å². The molecule has 0 aromatic rings. The molecule has 2 N–H and O–H groups in total. The van der Waals surface area contributed by atoms with E-state index < -0.39 is 5.79 Å². The number of rotatable bonds is 0. The smallest absolute Gasteiger partial charge is 0.182 e. The summed E-state index contributed by atoms with van der Waals surface area (Å²) < 4.78 is 0. The Bertz CT molecular complexity index is 546. The van der Waals surface area contributed by atoms with Gasteiger partial charge in [0.1, 0.15) is 0 Å². The second-order valence-electron chi connectivity index (χ2n) is 8.98. The predicted molar refractivity (Wildman–Crippen MR) is 88.0 cm³/mol. The molecule has 0 heterocycles. The third kappa shape index (κ3) is 1.86. The number of aliphatic hydroxyl groups is 2. The first-order valence-corrected chi connectivity index (χ1v) is 9.11. The highest BCUT2D eigenvalue weighted by atomic mass is 16.5. The molecule has 0 saturated heterocycles. The minimum Gasteiger partial charge on any atom is -0.362 e. The lowest BCUT2D eigenvalue weighted by Gasteiger charge is -2.58. The van der Waals surface area contributed by atoms with Crippen LogP contribution in [0.5, 0.6) is 0 Å². The van der Waals surface area contributed by atoms with E-state index >= 15 is 0 Å². The summed E-state index contributed by atoms with van der Waals surface area (Å²) in [5, 5.41) is 20.0. The Morgan fingerprint density at radius 2 is 1.68 bits per heavy atom. The molecule has 4 aliphatic carbocycles. The first kappa shape index (κ1) is 15.0. The molecule has 3 saturated carbocycles. The highest BCUT2D eigenvalue weighted by molar-refractivity contribution is 5.28. The average Bonchev–Trinajstić information content (AvgIpc) is 2.76. The molecule has 3 fully saturated rings. The maximum Gasteiger partial charge on any atom is 0.182 e. The molecule has 0 aromatic heterocycles. The molecule has 4 rings (SSSR count). The SMILES string of the molecule is C=C1CC[C@H]2[C@@H]3CCC4=CC(O)(O)CC[C@]4(C)[C@@H]3CC[C@]12C. The van der Waals surface area contributed by atoms with Gasteiger partial charge in [0.2, 0.25) is 0 Å². The van der Waals surface area contributed by atoms with Crippen LogP contribution in [-0.2, 0) is 0 Å². The maximum absolute atomic E-state index is 10.0. The molecule has 0 spiro atoms. The predicted octanol–water partition coefficient (Wildman–Crippen LogP) is 4.19. The molecular weight excluding hydrogens is 272 g/mol. The summed E-state index contributed by atoms with van der Waals surface area (Å²) in [4.78, 5) is 0. The average molecular weight is 302 g/mol. The van der Waals surface area contributed by atoms with E-state index in [4.69, 9.17) is 0 Å². The Morgan fingerprint density at radius 1 is 0.955 bits per heavy atom. The summed E-state index contributed by atoms with van der Waals surface area (Å²) in [6.45, 7) is 9.25. The van der Waals surface area contributed by atoms with Crippen LogP contribution in [0.4, 0.5) is 0 Å². The molecule has 0 aliphatic heterocycles. The number of hydrogen-bond donors (Lipinski definition) is 2. The van der Waals surface area contributed by atoms with E-state index in [1.54, 1.807) is 6.08 Å². The molecule has 0 amide bonds. The lowest BCUT2D eigenvalue weighted by molar-refractivity contribution is -0.145. The molecule has 0 radical (unpaired) electrons. The summed E-state index contributed by atoms with van der Waals surface area (Å²) in [5.41, 5.74) is 3.40. The maximum atomic E-state index is 10.0. The van der Waals surface area contributed by atoms with Gasteiger partial charge in [0.25, 0.3) is 0 Å². The zero-order chi connectivity index (χ0) is 15.8. The Balaban J connectivity index is 1.69. The third-order valence-corrected chi connectivity index (χ3v) is 8.11. The van der Waals surface area contributed by atoms with Crippen LogP contribution in [0.2, 0.25) is 0 Å². The largest absolute Gasteiger partial charge is 0.362 e. The van der Waals surface area contributed by atoms with E-state index in [9.17, 15) is 10.2 Å². The van der Waals surface area contributed by atoms with Gasteiger partial charge in [0, 0.05) is 6.42 Å². The Hall–Kier alpha value is -0.600. The van der Waals surface area contributed by atoms with Crippen molar-refractivity contribution in [2.75, 3.05) is 0 Å². The van der Waals surface area contributed by atoms with E-state index in [2.05, 4.69) is 20.4 Å². The number of fused-ring (bicyclic) bond motifs is 5. The fourth-order valence-electron chi connectivity index (χ4n) is 6.61. The summed E-state index contributed by atoms with van der Waals surface area (Å²) in [5.74, 6) is 0.789. The van der Waals surface area contributed by atoms with Gasteiger partial charge in [-0.3, -0.25) is 0 Å². The summed E-state index contributed by atoms with van der Waals surface area (Å²) in [6, 6.07) is 0. The van der Waals surface area contributed by atoms with Crippen LogP contribution in [0.3, 0.4) is 0 Å². The molecule has 122 valence electrons. The normalized spacial score (nSPS) is 49.9. The molecule has 5 atom stereocenters. The first-order valence-electron chi connectivity index (χ1n) is 9.11. The van der Waals surface area contributed by atoms with E-state index in [0.717, 1.165) is 30.6 Å². The minimum absolute atomic E-state index is 0.198. The van der Waals surface area contributed by atoms with Crippen LogP contribution in [0.25, 0.3) is 0 Å². The van der Waals surface area contributed by atoms with Gasteiger partial charge >= 0.3 is 0 Å². The van der Waals surface area contributed by atoms with Gasteiger partial charge in [-0.15, -0.1) is 0 Å². The third-order valence-electron chi connectivity index (χ3n) is 8.11. The van der Waals surface area contributed by atoms with Gasteiger partial charge < -0.3 is 10.2 Å². The van der Waals surface area contributed by atoms with Gasteiger partial charge in [-0.2, -0.15) is 0 Å². The van der Waals surface area contributed by atoms with Crippen LogP contribution in [0, 0.1) is 28.6 Å². The second-order valence-corrected chi connectivity index (χ2v) is 8.98. The molecule has 0 aromatic carbocycles. The first-order chi connectivity index (χ1) is 10.3. The minimum atomic E-state index is -1.56. The molecule has 2 heteroatoms. The van der Waals surface area contributed by atoms with Crippen molar-refractivity contribution in [3.63, 3.8) is 0 Å². The fourth-order valence-corrected chi connectivity index (χ4v) is 6.61. The van der Waals surface area contributed by atoms with Crippen molar-refractivity contribution in [2.24, 2.45) is 28.6 Å². The Kier molecular flexibility index (Phi) is 3.05. The molecule has 0 bridgehead atoms. The molecule has 2 nitrogen and oxygen atoms in total. The summed E-state index contributed by atoms with van der Waals surface area (Å²) in [7, 11) is 0. The van der Waals surface area contributed by atoms with E-state index in [-0.39, 0.29) is 5.41 Å². The highest BCUT2D eigenvalue weighted by Crippen LogP contribution is 2.66. The zero-order valence-electron chi connectivity index (χ0n) is 14.1. The molecule has 0 unspecified atom stereocenters. The van der Waals surface area contributed by atoms with Gasteiger partial charge in [-0.25, -0.2) is 0 Å². The van der Waals surface area contributed by atoms with Crippen molar-refractivity contribution in [2.45, 2.75) is 71.0 Å². The second kappa shape index (κ2) is 4.48. The topological polar surface area (TPSA) is 40.5 Å². The van der Waals surface area contributed by atoms with Gasteiger partial charge in [-0.1, -0.05) is 31.6 Å². The zero-order valence-corrected chi connectivity index (χ0v) is 14.1. The number of allylic oxidation sites excluding steroid dienone is 2. The van der Waals surface area contributed by atoms with Crippen LogP contribution >= 0.6 is 0 Å². The Labute approximate surface area is 134 Å². The lowest BCUT2D eigenvalue weighted by Crippen LogP contribution is -2.51. The molecule has 22 heavy (non-hydrogen) atoms. The van der Waals surface area contributed by atoms with Crippen LogP contribution in [-0.4, -0.2) is 16.0 Å². The van der Waals surface area contributed by atoms with E-state index in [0.29, 0.717) is 11.8 Å². The lowest BCUT2D eigenvalue weighted by atomic mass is 9.47. The van der Waals surface area contributed by atoms with Crippen LogP contribution < -0.4 is 0 Å². The van der Waals surface area contributed by atoms with Crippen molar-refractivity contribution >= 4 is 0 Å². The molecular formula is C20H30O2. The van der Waals surface area contributed by atoms with E-state index in [1.807, 2.05) is 0 Å². The summed E-state index contributed by atoms with van der Waals surface area (Å²) in [6.07, 6.45) is 10.6. The van der Waals surface area contributed by atoms with Gasteiger partial charge in [-0.05, 0) is 79.6 Å². The summed E-state index contributed by atoms with van der Waals surface area (Å²) >= 11 is 0. The van der Waals surface area contributed by atoms with Crippen LogP contribution in [0.15, 0.2) is 23.8 Å². The molecule has 4 aliphatic rings. The van der Waals surface area contributed by atoms with Gasteiger partial charge in [0.15, 0.2) is 5.79 Å². The number of hydrogen-bond acceptors (Lipinski definition) is 2. The highest BCUT2D eigenvalue weighted by Gasteiger charge is 2.57. The van der Waals surface area contributed by atoms with Gasteiger partial charge in [0.05, 0.1) is 0 Å². The fraction of sp³-hybridized carbons (Fsp3) is 0.800. The van der Waals surface area contributed by atoms with Crippen molar-refractivity contribution in [1.29, 1.82) is 0 Å². The quantitative estimate of drug-likeness (QED) is 0.520. The Morgan fingerprint density at radius 3 is 2.45 bits per heavy atom. The van der Waals surface area contributed by atoms with Crippen molar-refractivity contribution < 1.29 is 10.2 Å².